The molecule has 0 radical (unpaired) electrons. The molecule has 0 amide bonds. The topological polar surface area (TPSA) is 13.1 Å². The third kappa shape index (κ3) is 3.99. The smallest absolute Gasteiger partial charge is 0.134 e. The number of rotatable bonds is 4. The van der Waals surface area contributed by atoms with Gasteiger partial charge in [0.05, 0.1) is 0 Å². The normalized spacial score (nSPS) is 12.5. The van der Waals surface area contributed by atoms with Gasteiger partial charge in [0.25, 0.3) is 0 Å². The molecule has 1 heterocycles. The molecule has 1 aromatic heterocycles. The highest BCUT2D eigenvalue weighted by Gasteiger charge is 2.20. The van der Waals surface area contributed by atoms with Crippen LogP contribution in [0.4, 0.5) is 0 Å². The molecule has 6 aromatic rings. The maximum atomic E-state index is 6.44. The SMILES string of the molecule is CC.CC/C=C\c1c(C(C)c2ccc3c4ccc(C)cc4c4ccccc4c3c2)oc2ccccc12. The number of fused-ring (bicyclic) bond motifs is 7. The Morgan fingerprint density at radius 3 is 1.97 bits per heavy atom. The standard InChI is InChI=1S/C33H28O.C2H6/c1-4-5-10-29-28-13-8-9-14-32(28)34-33(29)22(3)23-16-18-27-26-17-15-21(2)19-30(26)24-11-6-7-12-25(24)31(27)20-23;1-2/h5-20,22H,4H2,1-3H3;1-2H3/b10-5-;. The summed E-state index contributed by atoms with van der Waals surface area (Å²) in [6.45, 7) is 10.6. The Hall–Kier alpha value is -3.84. The molecule has 0 N–H and O–H groups in total. The van der Waals surface area contributed by atoms with Gasteiger partial charge in [-0.05, 0) is 63.4 Å². The first-order valence-corrected chi connectivity index (χ1v) is 13.2. The van der Waals surface area contributed by atoms with Crippen molar-refractivity contribution in [2.75, 3.05) is 0 Å². The summed E-state index contributed by atoms with van der Waals surface area (Å²) in [5.41, 5.74) is 4.71. The van der Waals surface area contributed by atoms with Gasteiger partial charge in [-0.15, -0.1) is 0 Å². The Kier molecular flexibility index (Phi) is 6.65. The first kappa shape index (κ1) is 23.9. The fourth-order valence-electron chi connectivity index (χ4n) is 5.32. The van der Waals surface area contributed by atoms with Gasteiger partial charge in [-0.3, -0.25) is 0 Å². The average molecular weight is 471 g/mol. The zero-order valence-electron chi connectivity index (χ0n) is 21.9. The molecule has 0 fully saturated rings. The number of hydrogen-bond donors (Lipinski definition) is 0. The summed E-state index contributed by atoms with van der Waals surface area (Å²) in [5.74, 6) is 1.17. The number of furan rings is 1. The Bertz CT molecular complexity index is 1690. The van der Waals surface area contributed by atoms with E-state index >= 15 is 0 Å². The van der Waals surface area contributed by atoms with Crippen molar-refractivity contribution in [3.05, 3.63) is 113 Å². The maximum absolute atomic E-state index is 6.44. The van der Waals surface area contributed by atoms with Crippen molar-refractivity contribution in [3.63, 3.8) is 0 Å². The van der Waals surface area contributed by atoms with Crippen LogP contribution in [0.3, 0.4) is 0 Å². The molecule has 1 heteroatoms. The molecule has 0 bridgehead atoms. The fourth-order valence-corrected chi connectivity index (χ4v) is 5.32. The van der Waals surface area contributed by atoms with Gasteiger partial charge in [-0.1, -0.05) is 118 Å². The van der Waals surface area contributed by atoms with E-state index in [0.717, 1.165) is 17.8 Å². The summed E-state index contributed by atoms with van der Waals surface area (Å²) in [6.07, 6.45) is 5.45. The molecule has 1 nitrogen and oxygen atoms in total. The van der Waals surface area contributed by atoms with Crippen LogP contribution < -0.4 is 0 Å². The predicted octanol–water partition coefficient (Wildman–Crippen LogP) is 10.8. The van der Waals surface area contributed by atoms with Crippen molar-refractivity contribution >= 4 is 49.4 Å². The molecule has 1 unspecified atom stereocenters. The van der Waals surface area contributed by atoms with E-state index in [4.69, 9.17) is 4.42 Å². The van der Waals surface area contributed by atoms with Crippen molar-refractivity contribution in [2.24, 2.45) is 0 Å². The Labute approximate surface area is 214 Å². The minimum atomic E-state index is 0.140. The predicted molar refractivity (Wildman–Crippen MR) is 158 cm³/mol. The van der Waals surface area contributed by atoms with Gasteiger partial charge in [0, 0.05) is 16.9 Å². The molecule has 0 saturated carbocycles. The average Bonchev–Trinajstić information content (AvgIpc) is 3.31. The van der Waals surface area contributed by atoms with Crippen molar-refractivity contribution in [2.45, 2.75) is 47.0 Å². The summed E-state index contributed by atoms with van der Waals surface area (Å²) in [6, 6.07) is 30.9. The number of allylic oxidation sites excluding steroid dienone is 1. The highest BCUT2D eigenvalue weighted by atomic mass is 16.3. The lowest BCUT2D eigenvalue weighted by atomic mass is 9.89. The summed E-state index contributed by atoms with van der Waals surface area (Å²) in [4.78, 5) is 0. The monoisotopic (exact) mass is 470 g/mol. The van der Waals surface area contributed by atoms with Crippen molar-refractivity contribution in [1.82, 2.24) is 0 Å². The largest absolute Gasteiger partial charge is 0.460 e. The van der Waals surface area contributed by atoms with E-state index in [0.29, 0.717) is 0 Å². The summed E-state index contributed by atoms with van der Waals surface area (Å²) in [5, 5.41) is 9.05. The molecule has 0 spiro atoms. The minimum Gasteiger partial charge on any atom is -0.460 e. The molecule has 36 heavy (non-hydrogen) atoms. The fraction of sp³-hybridized carbons (Fsp3) is 0.200. The number of benzene rings is 5. The lowest BCUT2D eigenvalue weighted by molar-refractivity contribution is 0.531. The highest BCUT2D eigenvalue weighted by molar-refractivity contribution is 6.25. The van der Waals surface area contributed by atoms with Gasteiger partial charge >= 0.3 is 0 Å². The lowest BCUT2D eigenvalue weighted by Gasteiger charge is -2.15. The van der Waals surface area contributed by atoms with Crippen LogP contribution in [0.15, 0.2) is 95.4 Å². The van der Waals surface area contributed by atoms with Crippen LogP contribution in [-0.4, -0.2) is 0 Å². The van der Waals surface area contributed by atoms with E-state index in [9.17, 15) is 0 Å². The first-order chi connectivity index (χ1) is 17.7. The van der Waals surface area contributed by atoms with Crippen LogP contribution in [0.25, 0.3) is 49.4 Å². The van der Waals surface area contributed by atoms with Gasteiger partial charge in [-0.25, -0.2) is 0 Å². The zero-order chi connectivity index (χ0) is 25.2. The van der Waals surface area contributed by atoms with Gasteiger partial charge in [-0.2, -0.15) is 0 Å². The van der Waals surface area contributed by atoms with Crippen LogP contribution in [0.2, 0.25) is 0 Å². The van der Waals surface area contributed by atoms with Crippen molar-refractivity contribution in [1.29, 1.82) is 0 Å². The molecule has 180 valence electrons. The first-order valence-electron chi connectivity index (χ1n) is 13.2. The zero-order valence-corrected chi connectivity index (χ0v) is 21.9. The van der Waals surface area contributed by atoms with E-state index < -0.39 is 0 Å². The van der Waals surface area contributed by atoms with Crippen LogP contribution >= 0.6 is 0 Å². The molecule has 0 aliphatic rings. The van der Waals surface area contributed by atoms with E-state index in [1.807, 2.05) is 19.9 Å². The van der Waals surface area contributed by atoms with E-state index in [1.165, 1.54) is 54.4 Å². The molecule has 6 rings (SSSR count). The quantitative estimate of drug-likeness (QED) is 0.233. The van der Waals surface area contributed by atoms with Crippen molar-refractivity contribution < 1.29 is 4.42 Å². The van der Waals surface area contributed by atoms with Crippen LogP contribution in [0.5, 0.6) is 0 Å². The van der Waals surface area contributed by atoms with Gasteiger partial charge < -0.3 is 4.42 Å². The van der Waals surface area contributed by atoms with E-state index in [-0.39, 0.29) is 5.92 Å². The molecular weight excluding hydrogens is 436 g/mol. The summed E-state index contributed by atoms with van der Waals surface area (Å²) in [7, 11) is 0. The van der Waals surface area contributed by atoms with E-state index in [1.54, 1.807) is 0 Å². The Morgan fingerprint density at radius 1 is 0.694 bits per heavy atom. The van der Waals surface area contributed by atoms with Crippen LogP contribution in [-0.2, 0) is 0 Å². The molecular formula is C35H34O. The molecule has 0 saturated heterocycles. The van der Waals surface area contributed by atoms with Crippen LogP contribution in [0.1, 0.15) is 62.5 Å². The summed E-state index contributed by atoms with van der Waals surface area (Å²) >= 11 is 0. The molecule has 0 aliphatic heterocycles. The van der Waals surface area contributed by atoms with E-state index in [2.05, 4.69) is 112 Å². The van der Waals surface area contributed by atoms with Gasteiger partial charge in [0.1, 0.15) is 11.3 Å². The maximum Gasteiger partial charge on any atom is 0.134 e. The lowest BCUT2D eigenvalue weighted by Crippen LogP contribution is -1.97. The van der Waals surface area contributed by atoms with Crippen LogP contribution in [0, 0.1) is 6.92 Å². The third-order valence-corrected chi connectivity index (χ3v) is 7.09. The summed E-state index contributed by atoms with van der Waals surface area (Å²) < 4.78 is 6.44. The number of hydrogen-bond acceptors (Lipinski definition) is 1. The number of aryl methyl sites for hydroxylation is 1. The second kappa shape index (κ2) is 10.0. The second-order valence-electron chi connectivity index (χ2n) is 9.31. The van der Waals surface area contributed by atoms with Gasteiger partial charge in [0.2, 0.25) is 0 Å². The van der Waals surface area contributed by atoms with Crippen molar-refractivity contribution in [3.8, 4) is 0 Å². The van der Waals surface area contributed by atoms with Gasteiger partial charge in [0.15, 0.2) is 0 Å². The second-order valence-corrected chi connectivity index (χ2v) is 9.31. The molecule has 0 aliphatic carbocycles. The Balaban J connectivity index is 0.00000130. The third-order valence-electron chi connectivity index (χ3n) is 7.09. The minimum absolute atomic E-state index is 0.140. The number of para-hydroxylation sites is 1. The molecule has 1 atom stereocenters. The molecule has 5 aromatic carbocycles. The Morgan fingerprint density at radius 2 is 1.28 bits per heavy atom. The highest BCUT2D eigenvalue weighted by Crippen LogP contribution is 2.40.